The van der Waals surface area contributed by atoms with Crippen molar-refractivity contribution >= 4 is 39.2 Å². The van der Waals surface area contributed by atoms with Gasteiger partial charge in [-0.05, 0) is 32.3 Å². The Balaban J connectivity index is 1.83. The van der Waals surface area contributed by atoms with E-state index in [2.05, 4.69) is 6.58 Å². The summed E-state index contributed by atoms with van der Waals surface area (Å²) in [5, 5.41) is 1.29. The second kappa shape index (κ2) is 8.61. The summed E-state index contributed by atoms with van der Waals surface area (Å²) in [5.74, 6) is 0.399. The summed E-state index contributed by atoms with van der Waals surface area (Å²) in [4.78, 5) is 34.1. The van der Waals surface area contributed by atoms with Crippen LogP contribution in [-0.2, 0) is 11.3 Å². The second-order valence-corrected chi connectivity index (χ2v) is 9.29. The van der Waals surface area contributed by atoms with Gasteiger partial charge in [-0.3, -0.25) is 14.2 Å². The van der Waals surface area contributed by atoms with Crippen molar-refractivity contribution in [1.82, 2.24) is 14.5 Å². The Morgan fingerprint density at radius 2 is 2.07 bits per heavy atom. The zero-order valence-electron chi connectivity index (χ0n) is 16.3. The minimum absolute atomic E-state index is 0.0441. The third-order valence-electron chi connectivity index (χ3n) is 5.41. The predicted octanol–water partition coefficient (Wildman–Crippen LogP) is 4.14. The molecule has 0 unspecified atom stereocenters. The fourth-order valence-corrected chi connectivity index (χ4v) is 5.61. The molecule has 5 nitrogen and oxygen atoms in total. The van der Waals surface area contributed by atoms with Crippen LogP contribution in [0.15, 0.2) is 22.6 Å². The summed E-state index contributed by atoms with van der Waals surface area (Å²) >= 11 is 2.89. The normalized spacial score (nSPS) is 15.2. The lowest BCUT2D eigenvalue weighted by molar-refractivity contribution is -0.129. The highest BCUT2D eigenvalue weighted by Gasteiger charge is 2.23. The molecule has 2 aromatic rings. The van der Waals surface area contributed by atoms with Gasteiger partial charge in [0, 0.05) is 24.5 Å². The van der Waals surface area contributed by atoms with Gasteiger partial charge < -0.3 is 4.90 Å². The maximum atomic E-state index is 13.0. The summed E-state index contributed by atoms with van der Waals surface area (Å²) in [6.45, 7) is 8.13. The van der Waals surface area contributed by atoms with Crippen LogP contribution in [-0.4, -0.2) is 39.2 Å². The van der Waals surface area contributed by atoms with E-state index >= 15 is 0 Å². The lowest BCUT2D eigenvalue weighted by atomic mass is 9.94. The molecule has 0 atom stereocenters. The topological polar surface area (TPSA) is 55.2 Å². The smallest absolute Gasteiger partial charge is 0.263 e. The molecule has 0 bridgehead atoms. The first-order valence-corrected chi connectivity index (χ1v) is 11.2. The number of nitrogens with zero attached hydrogens (tertiary/aromatic N) is 3. The Bertz CT molecular complexity index is 910. The van der Waals surface area contributed by atoms with Crippen LogP contribution in [0, 0.1) is 13.8 Å². The number of thiophene rings is 1. The van der Waals surface area contributed by atoms with Gasteiger partial charge in [0.15, 0.2) is 5.16 Å². The predicted molar refractivity (Wildman–Crippen MR) is 114 cm³/mol. The molecule has 1 saturated carbocycles. The van der Waals surface area contributed by atoms with Gasteiger partial charge in [0.25, 0.3) is 5.56 Å². The number of hydrogen-bond acceptors (Lipinski definition) is 5. The van der Waals surface area contributed by atoms with Gasteiger partial charge >= 0.3 is 0 Å². The zero-order chi connectivity index (χ0) is 19.6. The van der Waals surface area contributed by atoms with Gasteiger partial charge in [0.1, 0.15) is 4.83 Å². The largest absolute Gasteiger partial charge is 0.342 e. The number of allylic oxidation sites excluding steroid dienone is 1. The van der Waals surface area contributed by atoms with Crippen LogP contribution < -0.4 is 5.56 Å². The molecule has 2 heterocycles. The third kappa shape index (κ3) is 4.14. The minimum atomic E-state index is -0.0441. The quantitative estimate of drug-likeness (QED) is 0.412. The molecule has 0 aliphatic heterocycles. The fourth-order valence-electron chi connectivity index (χ4n) is 3.61. The van der Waals surface area contributed by atoms with Gasteiger partial charge in [-0.25, -0.2) is 4.98 Å². The van der Waals surface area contributed by atoms with E-state index in [1.165, 1.54) is 42.4 Å². The molecule has 1 aliphatic carbocycles. The van der Waals surface area contributed by atoms with E-state index in [1.807, 2.05) is 25.8 Å². The number of amides is 1. The lowest BCUT2D eigenvalue weighted by Gasteiger charge is -2.31. The van der Waals surface area contributed by atoms with Crippen LogP contribution in [0.5, 0.6) is 0 Å². The van der Waals surface area contributed by atoms with Crippen LogP contribution in [0.3, 0.4) is 0 Å². The number of thioether (sulfide) groups is 1. The first-order valence-electron chi connectivity index (χ1n) is 9.44. The van der Waals surface area contributed by atoms with Crippen molar-refractivity contribution in [2.45, 2.75) is 63.7 Å². The highest BCUT2D eigenvalue weighted by molar-refractivity contribution is 7.99. The number of hydrogen-bond donors (Lipinski definition) is 0. The van der Waals surface area contributed by atoms with Crippen LogP contribution in [0.4, 0.5) is 0 Å². The number of aryl methyl sites for hydroxylation is 2. The maximum Gasteiger partial charge on any atom is 0.263 e. The standard InChI is InChI=1S/C20H27N3O2S2/c1-5-11-23-19(25)17-13(2)14(3)27-18(17)21-20(23)26-12-16(24)22(4)15-9-7-6-8-10-15/h5,15H,1,6-12H2,2-4H3. The molecular weight excluding hydrogens is 378 g/mol. The molecular formula is C20H27N3O2S2. The number of aromatic nitrogens is 2. The molecule has 0 spiro atoms. The number of carbonyl (C=O) groups excluding carboxylic acids is 1. The summed E-state index contributed by atoms with van der Waals surface area (Å²) < 4.78 is 1.63. The van der Waals surface area contributed by atoms with Crippen LogP contribution in [0.1, 0.15) is 42.5 Å². The summed E-state index contributed by atoms with van der Waals surface area (Å²) in [6.07, 6.45) is 7.54. The van der Waals surface area contributed by atoms with Crippen molar-refractivity contribution in [2.24, 2.45) is 0 Å². The molecule has 1 fully saturated rings. The van der Waals surface area contributed by atoms with Crippen LogP contribution in [0.25, 0.3) is 10.2 Å². The molecule has 27 heavy (non-hydrogen) atoms. The van der Waals surface area contributed by atoms with E-state index in [0.29, 0.717) is 28.9 Å². The number of rotatable bonds is 6. The van der Waals surface area contributed by atoms with Gasteiger partial charge in [0.05, 0.1) is 11.1 Å². The highest BCUT2D eigenvalue weighted by Crippen LogP contribution is 2.29. The first-order chi connectivity index (χ1) is 12.9. The number of carbonyl (C=O) groups is 1. The summed E-state index contributed by atoms with van der Waals surface area (Å²) in [5.41, 5.74) is 0.951. The zero-order valence-corrected chi connectivity index (χ0v) is 17.9. The Hall–Kier alpha value is -1.60. The van der Waals surface area contributed by atoms with E-state index in [1.54, 1.807) is 10.6 Å². The molecule has 0 radical (unpaired) electrons. The van der Waals surface area contributed by atoms with Crippen molar-refractivity contribution in [3.63, 3.8) is 0 Å². The van der Waals surface area contributed by atoms with Crippen molar-refractivity contribution in [3.8, 4) is 0 Å². The minimum Gasteiger partial charge on any atom is -0.342 e. The van der Waals surface area contributed by atoms with E-state index in [4.69, 9.17) is 4.98 Å². The van der Waals surface area contributed by atoms with Gasteiger partial charge in [0.2, 0.25) is 5.91 Å². The highest BCUT2D eigenvalue weighted by atomic mass is 32.2. The van der Waals surface area contributed by atoms with Crippen molar-refractivity contribution in [1.29, 1.82) is 0 Å². The van der Waals surface area contributed by atoms with Crippen LogP contribution >= 0.6 is 23.1 Å². The molecule has 0 aromatic carbocycles. The SMILES string of the molecule is C=CCn1c(SCC(=O)N(C)C2CCCCC2)nc2sc(C)c(C)c2c1=O. The second-order valence-electron chi connectivity index (χ2n) is 7.15. The Morgan fingerprint density at radius 1 is 1.37 bits per heavy atom. The summed E-state index contributed by atoms with van der Waals surface area (Å²) in [7, 11) is 1.90. The average molecular weight is 406 g/mol. The maximum absolute atomic E-state index is 13.0. The molecule has 7 heteroatoms. The fraction of sp³-hybridized carbons (Fsp3) is 0.550. The molecule has 146 valence electrons. The third-order valence-corrected chi connectivity index (χ3v) is 7.47. The van der Waals surface area contributed by atoms with E-state index < -0.39 is 0 Å². The Morgan fingerprint density at radius 3 is 2.74 bits per heavy atom. The molecule has 0 N–H and O–H groups in total. The molecule has 2 aromatic heterocycles. The molecule has 0 saturated heterocycles. The van der Waals surface area contributed by atoms with E-state index in [9.17, 15) is 9.59 Å². The van der Waals surface area contributed by atoms with E-state index in [0.717, 1.165) is 28.1 Å². The lowest BCUT2D eigenvalue weighted by Crippen LogP contribution is -2.39. The van der Waals surface area contributed by atoms with Crippen molar-refractivity contribution < 1.29 is 4.79 Å². The van der Waals surface area contributed by atoms with Gasteiger partial charge in [-0.1, -0.05) is 37.1 Å². The summed E-state index contributed by atoms with van der Waals surface area (Å²) in [6, 6.07) is 0.347. The van der Waals surface area contributed by atoms with Gasteiger partial charge in [-0.15, -0.1) is 17.9 Å². The number of fused-ring (bicyclic) bond motifs is 1. The van der Waals surface area contributed by atoms with E-state index in [-0.39, 0.29) is 11.5 Å². The monoisotopic (exact) mass is 405 g/mol. The Labute approximate surface area is 168 Å². The Kier molecular flexibility index (Phi) is 6.42. The van der Waals surface area contributed by atoms with Crippen molar-refractivity contribution in [3.05, 3.63) is 33.4 Å². The molecule has 1 aliphatic rings. The molecule has 1 amide bonds. The first kappa shape index (κ1) is 20.1. The van der Waals surface area contributed by atoms with Gasteiger partial charge in [-0.2, -0.15) is 0 Å². The van der Waals surface area contributed by atoms with Crippen molar-refractivity contribution in [2.75, 3.05) is 12.8 Å². The molecule has 3 rings (SSSR count). The average Bonchev–Trinajstić information content (AvgIpc) is 2.96. The van der Waals surface area contributed by atoms with Crippen LogP contribution in [0.2, 0.25) is 0 Å².